The zero-order valence-corrected chi connectivity index (χ0v) is 9.07. The highest BCUT2D eigenvalue weighted by atomic mass is 16.1. The molecule has 1 saturated carbocycles. The van der Waals surface area contributed by atoms with Gasteiger partial charge in [-0.05, 0) is 25.8 Å². The number of ketones is 1. The summed E-state index contributed by atoms with van der Waals surface area (Å²) in [6.07, 6.45) is 4.79. The lowest BCUT2D eigenvalue weighted by molar-refractivity contribution is 0.0972. The summed E-state index contributed by atoms with van der Waals surface area (Å²) in [7, 11) is 0. The van der Waals surface area contributed by atoms with Crippen molar-refractivity contribution in [1.29, 1.82) is 0 Å². The molecular weight excluding hydrogens is 190 g/mol. The summed E-state index contributed by atoms with van der Waals surface area (Å²) in [6.45, 7) is 3.54. The molecule has 0 aliphatic heterocycles. The smallest absolute Gasteiger partial charge is 0.182 e. The second-order valence-corrected chi connectivity index (χ2v) is 3.93. The molecule has 1 heterocycles. The lowest BCUT2D eigenvalue weighted by atomic mass is 10.2. The highest BCUT2D eigenvalue weighted by Crippen LogP contribution is 2.18. The van der Waals surface area contributed by atoms with Crippen molar-refractivity contribution in [3.63, 3.8) is 0 Å². The van der Waals surface area contributed by atoms with Crippen LogP contribution in [0.4, 0.5) is 0 Å². The van der Waals surface area contributed by atoms with Crippen LogP contribution in [0.2, 0.25) is 0 Å². The van der Waals surface area contributed by atoms with Gasteiger partial charge in [-0.3, -0.25) is 9.48 Å². The molecule has 0 bridgehead atoms. The van der Waals surface area contributed by atoms with E-state index in [1.165, 1.54) is 12.8 Å². The van der Waals surface area contributed by atoms with Gasteiger partial charge in [-0.15, -0.1) is 0 Å². The zero-order valence-electron chi connectivity index (χ0n) is 9.07. The van der Waals surface area contributed by atoms with Crippen LogP contribution < -0.4 is 5.32 Å². The van der Waals surface area contributed by atoms with Gasteiger partial charge in [-0.25, -0.2) is 0 Å². The molecule has 1 aromatic heterocycles. The molecule has 0 amide bonds. The van der Waals surface area contributed by atoms with Crippen molar-refractivity contribution in [2.45, 2.75) is 38.8 Å². The maximum atomic E-state index is 11.8. The van der Waals surface area contributed by atoms with Crippen molar-refractivity contribution in [2.75, 3.05) is 6.54 Å². The topological polar surface area (TPSA) is 46.9 Å². The molecule has 4 heteroatoms. The second-order valence-electron chi connectivity index (χ2n) is 3.93. The maximum absolute atomic E-state index is 11.8. The number of carbonyl (C=O) groups is 1. The summed E-state index contributed by atoms with van der Waals surface area (Å²) in [5.41, 5.74) is 0.732. The van der Waals surface area contributed by atoms with Gasteiger partial charge in [-0.2, -0.15) is 5.10 Å². The molecule has 0 aromatic carbocycles. The summed E-state index contributed by atoms with van der Waals surface area (Å²) in [4.78, 5) is 11.8. The number of hydrogen-bond donors (Lipinski definition) is 1. The SMILES string of the molecule is CCn1nccc1C(=O)CCNC1CC1. The fraction of sp³-hybridized carbons (Fsp3) is 0.636. The predicted molar refractivity (Wildman–Crippen MR) is 57.9 cm³/mol. The van der Waals surface area contributed by atoms with Crippen molar-refractivity contribution < 1.29 is 4.79 Å². The van der Waals surface area contributed by atoms with Gasteiger partial charge >= 0.3 is 0 Å². The molecule has 1 fully saturated rings. The van der Waals surface area contributed by atoms with Crippen LogP contribution in [-0.4, -0.2) is 28.2 Å². The molecule has 1 N–H and O–H groups in total. The average Bonchev–Trinajstić information content (AvgIpc) is 2.94. The molecular formula is C11H17N3O. The molecule has 1 aromatic rings. The third-order valence-corrected chi connectivity index (χ3v) is 2.66. The Bertz CT molecular complexity index is 341. The standard InChI is InChI=1S/C11H17N3O/c1-2-14-10(5-8-13-14)11(15)6-7-12-9-3-4-9/h5,8-9,12H,2-4,6-7H2,1H3. The van der Waals surface area contributed by atoms with Gasteiger partial charge in [0.25, 0.3) is 0 Å². The molecule has 0 unspecified atom stereocenters. The third-order valence-electron chi connectivity index (χ3n) is 2.66. The van der Waals surface area contributed by atoms with Gasteiger partial charge in [0.2, 0.25) is 0 Å². The molecule has 1 aliphatic carbocycles. The first kappa shape index (κ1) is 10.4. The number of aryl methyl sites for hydroxylation is 1. The Balaban J connectivity index is 1.83. The Morgan fingerprint density at radius 1 is 1.67 bits per heavy atom. The van der Waals surface area contributed by atoms with Gasteiger partial charge in [-0.1, -0.05) is 0 Å². The quantitative estimate of drug-likeness (QED) is 0.714. The summed E-state index contributed by atoms with van der Waals surface area (Å²) in [5.74, 6) is 0.183. The minimum atomic E-state index is 0.183. The fourth-order valence-corrected chi connectivity index (χ4v) is 1.63. The Hall–Kier alpha value is -1.16. The first-order valence-corrected chi connectivity index (χ1v) is 5.59. The molecule has 0 atom stereocenters. The van der Waals surface area contributed by atoms with Gasteiger partial charge in [0.15, 0.2) is 5.78 Å². The number of nitrogens with one attached hydrogen (secondary N) is 1. The highest BCUT2D eigenvalue weighted by molar-refractivity contribution is 5.94. The number of aromatic nitrogens is 2. The number of hydrogen-bond acceptors (Lipinski definition) is 3. The summed E-state index contributed by atoms with van der Waals surface area (Å²) in [6, 6.07) is 2.47. The molecule has 4 nitrogen and oxygen atoms in total. The first-order valence-electron chi connectivity index (χ1n) is 5.59. The summed E-state index contributed by atoms with van der Waals surface area (Å²) < 4.78 is 1.75. The summed E-state index contributed by atoms with van der Waals surface area (Å²) >= 11 is 0. The number of carbonyl (C=O) groups excluding carboxylic acids is 1. The molecule has 0 spiro atoms. The van der Waals surface area contributed by atoms with Crippen LogP contribution in [0, 0.1) is 0 Å². The van der Waals surface area contributed by atoms with Crippen LogP contribution in [0.15, 0.2) is 12.3 Å². The number of nitrogens with zero attached hydrogens (tertiary/aromatic N) is 2. The average molecular weight is 207 g/mol. The Labute approximate surface area is 89.7 Å². The van der Waals surface area contributed by atoms with Gasteiger partial charge < -0.3 is 5.32 Å². The lowest BCUT2D eigenvalue weighted by Crippen LogP contribution is -2.21. The minimum Gasteiger partial charge on any atom is -0.314 e. The number of rotatable bonds is 6. The van der Waals surface area contributed by atoms with Crippen LogP contribution >= 0.6 is 0 Å². The van der Waals surface area contributed by atoms with E-state index >= 15 is 0 Å². The zero-order chi connectivity index (χ0) is 10.7. The highest BCUT2D eigenvalue weighted by Gasteiger charge is 2.20. The van der Waals surface area contributed by atoms with Crippen LogP contribution in [0.1, 0.15) is 36.7 Å². The van der Waals surface area contributed by atoms with Crippen LogP contribution in [0.3, 0.4) is 0 Å². The molecule has 82 valence electrons. The third kappa shape index (κ3) is 2.65. The normalized spacial score (nSPS) is 15.5. The van der Waals surface area contributed by atoms with E-state index in [1.807, 2.05) is 6.92 Å². The van der Waals surface area contributed by atoms with Crippen molar-refractivity contribution in [3.8, 4) is 0 Å². The van der Waals surface area contributed by atoms with E-state index in [4.69, 9.17) is 0 Å². The van der Waals surface area contributed by atoms with Crippen molar-refractivity contribution in [1.82, 2.24) is 15.1 Å². The molecule has 2 rings (SSSR count). The van der Waals surface area contributed by atoms with Crippen molar-refractivity contribution in [2.24, 2.45) is 0 Å². The molecule has 0 saturated heterocycles. The van der Waals surface area contributed by atoms with Crippen LogP contribution in [0.5, 0.6) is 0 Å². The Morgan fingerprint density at radius 2 is 2.47 bits per heavy atom. The van der Waals surface area contributed by atoms with E-state index in [1.54, 1.807) is 16.9 Å². The summed E-state index contributed by atoms with van der Waals surface area (Å²) in [5, 5.41) is 7.42. The maximum Gasteiger partial charge on any atom is 0.182 e. The van der Waals surface area contributed by atoms with E-state index in [0.717, 1.165) is 18.8 Å². The van der Waals surface area contributed by atoms with E-state index in [2.05, 4.69) is 10.4 Å². The van der Waals surface area contributed by atoms with E-state index < -0.39 is 0 Å². The minimum absolute atomic E-state index is 0.183. The van der Waals surface area contributed by atoms with Crippen LogP contribution in [0.25, 0.3) is 0 Å². The number of Topliss-reactive ketones (excluding diaryl/α,β-unsaturated/α-hetero) is 1. The largest absolute Gasteiger partial charge is 0.314 e. The van der Waals surface area contributed by atoms with E-state index in [9.17, 15) is 4.79 Å². The van der Waals surface area contributed by atoms with Crippen molar-refractivity contribution >= 4 is 5.78 Å². The monoisotopic (exact) mass is 207 g/mol. The Morgan fingerprint density at radius 3 is 3.13 bits per heavy atom. The van der Waals surface area contributed by atoms with Gasteiger partial charge in [0.1, 0.15) is 5.69 Å². The van der Waals surface area contributed by atoms with Gasteiger partial charge in [0.05, 0.1) is 0 Å². The Kier molecular flexibility index (Phi) is 3.16. The molecule has 15 heavy (non-hydrogen) atoms. The second kappa shape index (κ2) is 4.57. The predicted octanol–water partition coefficient (Wildman–Crippen LogP) is 1.23. The first-order chi connectivity index (χ1) is 7.31. The van der Waals surface area contributed by atoms with E-state index in [-0.39, 0.29) is 5.78 Å². The van der Waals surface area contributed by atoms with E-state index in [0.29, 0.717) is 12.5 Å². The van der Waals surface area contributed by atoms with Gasteiger partial charge in [0, 0.05) is 31.7 Å². The van der Waals surface area contributed by atoms with Crippen LogP contribution in [-0.2, 0) is 6.54 Å². The molecule has 0 radical (unpaired) electrons. The fourth-order valence-electron chi connectivity index (χ4n) is 1.63. The molecule has 1 aliphatic rings. The lowest BCUT2D eigenvalue weighted by Gasteiger charge is -2.04. The van der Waals surface area contributed by atoms with Crippen molar-refractivity contribution in [3.05, 3.63) is 18.0 Å².